The largest absolute Gasteiger partial charge is 0.477 e. The lowest BCUT2D eigenvalue weighted by Gasteiger charge is -1.92. The maximum absolute atomic E-state index is 10.6. The zero-order chi connectivity index (χ0) is 9.84. The molecule has 1 rings (SSSR count). The number of aliphatic hydroxyl groups is 1. The molecule has 13 heavy (non-hydrogen) atoms. The molecule has 0 aromatic carbocycles. The number of carboxylic acids is 1. The second-order valence-corrected chi connectivity index (χ2v) is 2.78. The molecular weight excluding hydrogens is 172 g/mol. The van der Waals surface area contributed by atoms with Crippen LogP contribution in [0.2, 0.25) is 0 Å². The maximum Gasteiger partial charge on any atom is 0.354 e. The van der Waals surface area contributed by atoms with Crippen LogP contribution in [0.15, 0.2) is 6.07 Å². The van der Waals surface area contributed by atoms with Gasteiger partial charge in [0.15, 0.2) is 0 Å². The molecule has 0 saturated carbocycles. The first-order valence-electron chi connectivity index (χ1n) is 4.02. The second kappa shape index (κ2) is 4.04. The van der Waals surface area contributed by atoms with E-state index < -0.39 is 5.97 Å². The molecule has 0 unspecified atom stereocenters. The minimum Gasteiger partial charge on any atom is -0.477 e. The molecule has 72 valence electrons. The van der Waals surface area contributed by atoms with Crippen LogP contribution in [-0.2, 0) is 13.5 Å². The lowest BCUT2D eigenvalue weighted by atomic mass is 10.2. The summed E-state index contributed by atoms with van der Waals surface area (Å²) >= 11 is 0. The number of rotatable bonds is 4. The number of aromatic carboxylic acids is 1. The van der Waals surface area contributed by atoms with Gasteiger partial charge in [0.2, 0.25) is 0 Å². The third-order valence-electron chi connectivity index (χ3n) is 1.74. The molecule has 0 spiro atoms. The van der Waals surface area contributed by atoms with E-state index in [0.717, 1.165) is 0 Å². The van der Waals surface area contributed by atoms with E-state index in [-0.39, 0.29) is 12.3 Å². The Kier molecular flexibility index (Phi) is 3.02. The van der Waals surface area contributed by atoms with Crippen molar-refractivity contribution >= 4 is 5.97 Å². The molecule has 0 amide bonds. The van der Waals surface area contributed by atoms with E-state index in [1.165, 1.54) is 10.7 Å². The molecule has 1 aromatic rings. The Balaban J connectivity index is 2.76. The smallest absolute Gasteiger partial charge is 0.354 e. The molecule has 1 heterocycles. The Labute approximate surface area is 75.6 Å². The molecule has 0 bridgehead atoms. The Morgan fingerprint density at radius 1 is 1.69 bits per heavy atom. The van der Waals surface area contributed by atoms with Crippen LogP contribution >= 0.6 is 0 Å². The van der Waals surface area contributed by atoms with Crippen LogP contribution in [0.5, 0.6) is 0 Å². The third-order valence-corrected chi connectivity index (χ3v) is 1.74. The minimum absolute atomic E-state index is 0.0962. The van der Waals surface area contributed by atoms with Crippen LogP contribution in [0, 0.1) is 0 Å². The predicted octanol–water partition coefficient (Wildman–Crippen LogP) is 0.0432. The van der Waals surface area contributed by atoms with Gasteiger partial charge in [-0.25, -0.2) is 4.79 Å². The van der Waals surface area contributed by atoms with Crippen molar-refractivity contribution in [3.05, 3.63) is 17.5 Å². The summed E-state index contributed by atoms with van der Waals surface area (Å²) < 4.78 is 1.33. The van der Waals surface area contributed by atoms with E-state index in [0.29, 0.717) is 18.5 Å². The Hall–Kier alpha value is -1.36. The van der Waals surface area contributed by atoms with Crippen LogP contribution in [0.4, 0.5) is 0 Å². The highest BCUT2D eigenvalue weighted by atomic mass is 16.4. The number of aryl methyl sites for hydroxylation is 2. The summed E-state index contributed by atoms with van der Waals surface area (Å²) in [6, 6.07) is 1.53. The van der Waals surface area contributed by atoms with Crippen molar-refractivity contribution in [1.82, 2.24) is 9.78 Å². The zero-order valence-electron chi connectivity index (χ0n) is 7.40. The van der Waals surface area contributed by atoms with Crippen LogP contribution in [-0.4, -0.2) is 32.6 Å². The van der Waals surface area contributed by atoms with Gasteiger partial charge < -0.3 is 10.2 Å². The normalized spacial score (nSPS) is 10.3. The average molecular weight is 184 g/mol. The first kappa shape index (κ1) is 9.73. The number of carboxylic acid groups (broad SMARTS) is 1. The molecular formula is C8H12N2O3. The molecule has 0 aliphatic carbocycles. The first-order valence-corrected chi connectivity index (χ1v) is 4.02. The lowest BCUT2D eigenvalue weighted by Crippen LogP contribution is -2.04. The highest BCUT2D eigenvalue weighted by Crippen LogP contribution is 2.05. The zero-order valence-corrected chi connectivity index (χ0v) is 7.40. The first-order chi connectivity index (χ1) is 6.15. The van der Waals surface area contributed by atoms with E-state index in [2.05, 4.69) is 5.10 Å². The molecule has 0 saturated heterocycles. The molecule has 1 aromatic heterocycles. The number of hydrogen-bond acceptors (Lipinski definition) is 3. The highest BCUT2D eigenvalue weighted by Gasteiger charge is 2.10. The van der Waals surface area contributed by atoms with Gasteiger partial charge in [-0.05, 0) is 18.9 Å². The maximum atomic E-state index is 10.6. The number of hydrogen-bond donors (Lipinski definition) is 2. The third kappa shape index (κ3) is 2.29. The van der Waals surface area contributed by atoms with E-state index in [1.54, 1.807) is 7.05 Å². The fourth-order valence-electron chi connectivity index (χ4n) is 1.11. The van der Waals surface area contributed by atoms with Crippen molar-refractivity contribution in [2.75, 3.05) is 6.61 Å². The number of nitrogens with zero attached hydrogens (tertiary/aromatic N) is 2. The summed E-state index contributed by atoms with van der Waals surface area (Å²) in [6.07, 6.45) is 1.22. The predicted molar refractivity (Wildman–Crippen MR) is 45.6 cm³/mol. The van der Waals surface area contributed by atoms with Gasteiger partial charge in [-0.3, -0.25) is 4.68 Å². The van der Waals surface area contributed by atoms with Crippen LogP contribution in [0.25, 0.3) is 0 Å². The molecule has 0 radical (unpaired) electrons. The number of carbonyl (C=O) groups is 1. The summed E-state index contributed by atoms with van der Waals surface area (Å²) in [7, 11) is 1.59. The fraction of sp³-hybridized carbons (Fsp3) is 0.500. The van der Waals surface area contributed by atoms with E-state index in [4.69, 9.17) is 10.2 Å². The Bertz CT molecular complexity index is 306. The van der Waals surface area contributed by atoms with Crippen LogP contribution < -0.4 is 0 Å². The summed E-state index contributed by atoms with van der Waals surface area (Å²) in [6.45, 7) is 0.0962. The van der Waals surface area contributed by atoms with Gasteiger partial charge in [0.25, 0.3) is 0 Å². The van der Waals surface area contributed by atoms with E-state index in [1.807, 2.05) is 0 Å². The monoisotopic (exact) mass is 184 g/mol. The van der Waals surface area contributed by atoms with Gasteiger partial charge in [-0.15, -0.1) is 0 Å². The highest BCUT2D eigenvalue weighted by molar-refractivity contribution is 5.85. The van der Waals surface area contributed by atoms with Gasteiger partial charge in [-0.2, -0.15) is 5.10 Å². The summed E-state index contributed by atoms with van der Waals surface area (Å²) in [5.41, 5.74) is 0.877. The summed E-state index contributed by atoms with van der Waals surface area (Å²) in [4.78, 5) is 10.6. The van der Waals surface area contributed by atoms with Gasteiger partial charge in [0.1, 0.15) is 5.69 Å². The number of aromatic nitrogens is 2. The molecule has 0 aliphatic heterocycles. The quantitative estimate of drug-likeness (QED) is 0.693. The van der Waals surface area contributed by atoms with Gasteiger partial charge in [0, 0.05) is 13.7 Å². The minimum atomic E-state index is -0.981. The van der Waals surface area contributed by atoms with Gasteiger partial charge >= 0.3 is 5.97 Å². The van der Waals surface area contributed by atoms with Crippen molar-refractivity contribution < 1.29 is 15.0 Å². The molecule has 5 nitrogen and oxygen atoms in total. The molecule has 0 aliphatic rings. The van der Waals surface area contributed by atoms with Crippen LogP contribution in [0.3, 0.4) is 0 Å². The van der Waals surface area contributed by atoms with Crippen molar-refractivity contribution in [2.45, 2.75) is 12.8 Å². The SMILES string of the molecule is Cn1nc(CCCO)cc1C(=O)O. The van der Waals surface area contributed by atoms with E-state index in [9.17, 15) is 4.79 Å². The second-order valence-electron chi connectivity index (χ2n) is 2.78. The Morgan fingerprint density at radius 2 is 2.38 bits per heavy atom. The van der Waals surface area contributed by atoms with Gasteiger partial charge in [-0.1, -0.05) is 0 Å². The van der Waals surface area contributed by atoms with Gasteiger partial charge in [0.05, 0.1) is 5.69 Å². The standard InChI is InChI=1S/C8H12N2O3/c1-10-7(8(12)13)5-6(9-10)3-2-4-11/h5,11H,2-4H2,1H3,(H,12,13). The lowest BCUT2D eigenvalue weighted by molar-refractivity contribution is 0.0685. The molecule has 0 fully saturated rings. The number of aliphatic hydroxyl groups excluding tert-OH is 1. The molecule has 0 atom stereocenters. The van der Waals surface area contributed by atoms with Crippen molar-refractivity contribution in [2.24, 2.45) is 7.05 Å². The van der Waals surface area contributed by atoms with Crippen LogP contribution in [0.1, 0.15) is 22.6 Å². The summed E-state index contributed by atoms with van der Waals surface area (Å²) in [5.74, 6) is -0.981. The topological polar surface area (TPSA) is 75.3 Å². The van der Waals surface area contributed by atoms with E-state index >= 15 is 0 Å². The fourth-order valence-corrected chi connectivity index (χ4v) is 1.11. The molecule has 2 N–H and O–H groups in total. The van der Waals surface area contributed by atoms with Crippen molar-refractivity contribution in [1.29, 1.82) is 0 Å². The Morgan fingerprint density at radius 3 is 2.85 bits per heavy atom. The van der Waals surface area contributed by atoms with Crippen molar-refractivity contribution in [3.8, 4) is 0 Å². The summed E-state index contributed by atoms with van der Waals surface area (Å²) in [5, 5.41) is 21.3. The molecule has 5 heteroatoms. The van der Waals surface area contributed by atoms with Crippen molar-refractivity contribution in [3.63, 3.8) is 0 Å². The average Bonchev–Trinajstić information content (AvgIpc) is 2.43.